The number of ketones is 2. The molecule has 0 aliphatic rings. The van der Waals surface area contributed by atoms with Crippen molar-refractivity contribution in [1.29, 1.82) is 0 Å². The van der Waals surface area contributed by atoms with Gasteiger partial charge in [0.2, 0.25) is 5.78 Å². The van der Waals surface area contributed by atoms with E-state index in [2.05, 4.69) is 5.32 Å². The highest BCUT2D eigenvalue weighted by Gasteiger charge is 2.40. The van der Waals surface area contributed by atoms with Crippen molar-refractivity contribution in [2.45, 2.75) is 5.92 Å². The average Bonchev–Trinajstić information content (AvgIpc) is 2.89. The van der Waals surface area contributed by atoms with Crippen molar-refractivity contribution in [1.82, 2.24) is 0 Å². The zero-order chi connectivity index (χ0) is 24.8. The number of Topliss-reactive ketones (excluding diaryl/α,β-unsaturated/α-hetero) is 2. The predicted molar refractivity (Wildman–Crippen MR) is 139 cm³/mol. The number of nitrogens with one attached hydrogen (secondary N) is 1. The van der Waals surface area contributed by atoms with E-state index in [1.165, 1.54) is 0 Å². The molecule has 0 radical (unpaired) electrons. The Balaban J connectivity index is 1.79. The maximum Gasteiger partial charge on any atom is 0.292 e. The fraction of sp³-hybridized carbons (Fsp3) is 0.0690. The van der Waals surface area contributed by atoms with Gasteiger partial charge in [0.1, 0.15) is 5.92 Å². The Morgan fingerprint density at radius 2 is 1.06 bits per heavy atom. The van der Waals surface area contributed by atoms with Crippen molar-refractivity contribution in [3.05, 3.63) is 136 Å². The van der Waals surface area contributed by atoms with E-state index in [1.54, 1.807) is 48.5 Å². The van der Waals surface area contributed by atoms with Crippen LogP contribution in [0, 0.1) is 5.92 Å². The summed E-state index contributed by atoms with van der Waals surface area (Å²) in [6.07, 6.45) is 0. The Morgan fingerprint density at radius 1 is 0.600 bits per heavy atom. The molecule has 0 aliphatic heterocycles. The Labute approximate surface area is 213 Å². The molecule has 1 N–H and O–H groups in total. The Bertz CT molecular complexity index is 1280. The van der Waals surface area contributed by atoms with E-state index in [4.69, 9.17) is 23.2 Å². The van der Waals surface area contributed by atoms with Crippen molar-refractivity contribution in [3.63, 3.8) is 0 Å². The lowest BCUT2D eigenvalue weighted by molar-refractivity contribution is -0.136. The number of rotatable bonds is 8. The molecule has 174 valence electrons. The molecule has 0 aromatic heterocycles. The van der Waals surface area contributed by atoms with Gasteiger partial charge < -0.3 is 5.32 Å². The van der Waals surface area contributed by atoms with E-state index in [-0.39, 0.29) is 0 Å². The van der Waals surface area contributed by atoms with Crippen LogP contribution >= 0.6 is 23.2 Å². The van der Waals surface area contributed by atoms with Gasteiger partial charge in [0, 0.05) is 27.2 Å². The summed E-state index contributed by atoms with van der Waals surface area (Å²) in [4.78, 5) is 40.7. The first-order valence-corrected chi connectivity index (χ1v) is 11.7. The number of benzene rings is 4. The Morgan fingerprint density at radius 3 is 1.54 bits per heavy atom. The van der Waals surface area contributed by atoms with Gasteiger partial charge in [0.15, 0.2) is 5.78 Å². The molecule has 35 heavy (non-hydrogen) atoms. The van der Waals surface area contributed by atoms with E-state index in [1.807, 2.05) is 60.7 Å². The minimum absolute atomic E-state index is 0.295. The van der Waals surface area contributed by atoms with Gasteiger partial charge >= 0.3 is 0 Å². The monoisotopic (exact) mass is 501 g/mol. The molecule has 4 nitrogen and oxygen atoms in total. The molecule has 4 aromatic rings. The van der Waals surface area contributed by atoms with Crippen molar-refractivity contribution in [2.75, 3.05) is 5.32 Å². The molecule has 4 aromatic carbocycles. The maximum atomic E-state index is 13.8. The molecule has 0 saturated heterocycles. The maximum absolute atomic E-state index is 13.8. The van der Waals surface area contributed by atoms with Crippen LogP contribution in [0.1, 0.15) is 27.4 Å². The van der Waals surface area contributed by atoms with E-state index in [0.29, 0.717) is 21.3 Å². The standard InChI is InChI=1S/C29H21Cl2NO3/c30-22-13-11-21(12-14-22)27(33)26(28(34)29(35)32-24-17-15-23(31)16-18-24)25(19-7-3-1-4-8-19)20-9-5-2-6-10-20/h1-18,25-26H,(H,32,35)/t26-/m1/s1. The number of carbonyl (C=O) groups excluding carboxylic acids is 3. The highest BCUT2D eigenvalue weighted by atomic mass is 35.5. The summed E-state index contributed by atoms with van der Waals surface area (Å²) < 4.78 is 0. The second kappa shape index (κ2) is 11.1. The molecular weight excluding hydrogens is 481 g/mol. The topological polar surface area (TPSA) is 63.2 Å². The quantitative estimate of drug-likeness (QED) is 0.163. The van der Waals surface area contributed by atoms with Gasteiger partial charge in [-0.05, 0) is 59.7 Å². The minimum atomic E-state index is -1.30. The first-order chi connectivity index (χ1) is 16.9. The van der Waals surface area contributed by atoms with Crippen molar-refractivity contribution >= 4 is 46.4 Å². The summed E-state index contributed by atoms with van der Waals surface area (Å²) in [5.74, 6) is -4.15. The van der Waals surface area contributed by atoms with E-state index >= 15 is 0 Å². The van der Waals surface area contributed by atoms with Crippen LogP contribution in [0.5, 0.6) is 0 Å². The largest absolute Gasteiger partial charge is 0.319 e. The van der Waals surface area contributed by atoms with Gasteiger partial charge in [0.05, 0.1) is 0 Å². The number of anilines is 1. The minimum Gasteiger partial charge on any atom is -0.319 e. The normalized spacial score (nSPS) is 11.6. The van der Waals surface area contributed by atoms with Crippen LogP contribution in [0.25, 0.3) is 0 Å². The summed E-state index contributed by atoms with van der Waals surface area (Å²) in [7, 11) is 0. The van der Waals surface area contributed by atoms with E-state index in [9.17, 15) is 14.4 Å². The fourth-order valence-electron chi connectivity index (χ4n) is 3.98. The Kier molecular flexibility index (Phi) is 7.76. The van der Waals surface area contributed by atoms with Gasteiger partial charge in [-0.15, -0.1) is 0 Å². The molecule has 0 heterocycles. The van der Waals surface area contributed by atoms with Crippen molar-refractivity contribution in [3.8, 4) is 0 Å². The summed E-state index contributed by atoms with van der Waals surface area (Å²) >= 11 is 11.9. The lowest BCUT2D eigenvalue weighted by Crippen LogP contribution is -2.38. The van der Waals surface area contributed by atoms with Crippen LogP contribution in [-0.4, -0.2) is 17.5 Å². The Hall–Kier alpha value is -3.73. The fourth-order valence-corrected chi connectivity index (χ4v) is 4.23. The molecule has 0 unspecified atom stereocenters. The van der Waals surface area contributed by atoms with Gasteiger partial charge in [0.25, 0.3) is 5.91 Å². The number of carbonyl (C=O) groups is 3. The van der Waals surface area contributed by atoms with Crippen LogP contribution in [0.15, 0.2) is 109 Å². The summed E-state index contributed by atoms with van der Waals surface area (Å²) in [6.45, 7) is 0. The SMILES string of the molecule is O=C(Nc1ccc(Cl)cc1)C(=O)[C@@H](C(=O)c1ccc(Cl)cc1)C(c1ccccc1)c1ccccc1. The van der Waals surface area contributed by atoms with Crippen LogP contribution in [0.4, 0.5) is 5.69 Å². The first-order valence-electron chi connectivity index (χ1n) is 10.9. The third-order valence-corrected chi connectivity index (χ3v) is 6.17. The van der Waals surface area contributed by atoms with Crippen LogP contribution in [-0.2, 0) is 9.59 Å². The third-order valence-electron chi connectivity index (χ3n) is 5.67. The number of hydrogen-bond donors (Lipinski definition) is 1. The van der Waals surface area contributed by atoms with Crippen molar-refractivity contribution < 1.29 is 14.4 Å². The second-order valence-electron chi connectivity index (χ2n) is 7.97. The molecule has 4 rings (SSSR count). The molecule has 0 fully saturated rings. The van der Waals surface area contributed by atoms with Crippen LogP contribution in [0.2, 0.25) is 10.0 Å². The smallest absolute Gasteiger partial charge is 0.292 e. The van der Waals surface area contributed by atoms with Crippen LogP contribution < -0.4 is 5.32 Å². The lowest BCUT2D eigenvalue weighted by atomic mass is 9.74. The summed E-state index contributed by atoms with van der Waals surface area (Å²) in [5.41, 5.74) is 2.20. The van der Waals surface area contributed by atoms with E-state index in [0.717, 1.165) is 11.1 Å². The molecule has 0 bridgehead atoms. The molecule has 6 heteroatoms. The van der Waals surface area contributed by atoms with Gasteiger partial charge in [-0.25, -0.2) is 0 Å². The molecule has 0 spiro atoms. The van der Waals surface area contributed by atoms with Gasteiger partial charge in [-0.1, -0.05) is 83.9 Å². The summed E-state index contributed by atoms with van der Waals surface area (Å²) in [6, 6.07) is 31.2. The molecule has 0 aliphatic carbocycles. The van der Waals surface area contributed by atoms with Crippen LogP contribution in [0.3, 0.4) is 0 Å². The van der Waals surface area contributed by atoms with E-state index < -0.39 is 29.3 Å². The van der Waals surface area contributed by atoms with Crippen molar-refractivity contribution in [2.24, 2.45) is 5.92 Å². The number of halogens is 2. The molecule has 1 atom stereocenters. The summed E-state index contributed by atoms with van der Waals surface area (Å²) in [5, 5.41) is 3.57. The van der Waals surface area contributed by atoms with Gasteiger partial charge in [-0.3, -0.25) is 14.4 Å². The third kappa shape index (κ3) is 5.86. The average molecular weight is 502 g/mol. The molecule has 0 saturated carbocycles. The lowest BCUT2D eigenvalue weighted by Gasteiger charge is -2.26. The zero-order valence-corrected chi connectivity index (χ0v) is 20.0. The molecular formula is C29H21Cl2NO3. The predicted octanol–water partition coefficient (Wildman–Crippen LogP) is 6.83. The zero-order valence-electron chi connectivity index (χ0n) is 18.5. The number of amides is 1. The first kappa shape index (κ1) is 24.4. The second-order valence-corrected chi connectivity index (χ2v) is 8.85. The number of hydrogen-bond acceptors (Lipinski definition) is 3. The highest BCUT2D eigenvalue weighted by molar-refractivity contribution is 6.45. The molecule has 1 amide bonds. The highest BCUT2D eigenvalue weighted by Crippen LogP contribution is 2.35. The van der Waals surface area contributed by atoms with Gasteiger partial charge in [-0.2, -0.15) is 0 Å².